The van der Waals surface area contributed by atoms with Crippen molar-refractivity contribution in [3.63, 3.8) is 0 Å². The van der Waals surface area contributed by atoms with Gasteiger partial charge in [0.25, 0.3) is 0 Å². The Kier molecular flexibility index (Phi) is 5.82. The number of carbonyl (C=O) groups excluding carboxylic acids is 1. The summed E-state index contributed by atoms with van der Waals surface area (Å²) in [5.74, 6) is 0.243. The number of hydrogen-bond donors (Lipinski definition) is 1. The summed E-state index contributed by atoms with van der Waals surface area (Å²) in [6, 6.07) is 13.9. The van der Waals surface area contributed by atoms with E-state index in [-0.39, 0.29) is 17.9 Å². The minimum absolute atomic E-state index is 0.0954. The Hall–Kier alpha value is -2.20. The second kappa shape index (κ2) is 8.26. The van der Waals surface area contributed by atoms with E-state index in [1.807, 2.05) is 37.3 Å². The average molecular weight is 337 g/mol. The van der Waals surface area contributed by atoms with Gasteiger partial charge in [-0.15, -0.1) is 0 Å². The Morgan fingerprint density at radius 1 is 1.20 bits per heavy atom. The molecule has 4 heteroatoms. The molecule has 1 N–H and O–H groups in total. The van der Waals surface area contributed by atoms with Crippen molar-refractivity contribution >= 4 is 5.91 Å². The molecule has 0 bridgehead atoms. The lowest BCUT2D eigenvalue weighted by atomic mass is 9.94. The van der Waals surface area contributed by atoms with E-state index in [0.29, 0.717) is 0 Å². The number of hydrogen-bond acceptors (Lipinski definition) is 3. The van der Waals surface area contributed by atoms with Crippen LogP contribution < -0.4 is 5.32 Å². The van der Waals surface area contributed by atoms with E-state index in [1.54, 1.807) is 6.20 Å². The van der Waals surface area contributed by atoms with Crippen LogP contribution >= 0.6 is 0 Å². The molecule has 0 aliphatic carbocycles. The predicted octanol–water partition coefficient (Wildman–Crippen LogP) is 3.33. The largest absolute Gasteiger partial charge is 0.343 e. The molecule has 1 amide bonds. The van der Waals surface area contributed by atoms with Gasteiger partial charge >= 0.3 is 0 Å². The highest BCUT2D eigenvalue weighted by molar-refractivity contribution is 5.79. The van der Waals surface area contributed by atoms with Crippen LogP contribution in [0.2, 0.25) is 0 Å². The van der Waals surface area contributed by atoms with Crippen molar-refractivity contribution in [2.45, 2.75) is 32.7 Å². The summed E-state index contributed by atoms with van der Waals surface area (Å²) in [5.41, 5.74) is 3.09. The zero-order chi connectivity index (χ0) is 17.6. The lowest BCUT2D eigenvalue weighted by Crippen LogP contribution is -2.41. The molecule has 132 valence electrons. The third-order valence-corrected chi connectivity index (χ3v) is 5.15. The van der Waals surface area contributed by atoms with Gasteiger partial charge in [-0.2, -0.15) is 0 Å². The quantitative estimate of drug-likeness (QED) is 0.910. The van der Waals surface area contributed by atoms with Gasteiger partial charge in [0.1, 0.15) is 0 Å². The SMILES string of the molecule is CCN1CCC(C(=O)NC(c2ccccc2)c2ncccc2C)CC1. The zero-order valence-electron chi connectivity index (χ0n) is 15.1. The van der Waals surface area contributed by atoms with Crippen LogP contribution in [0.4, 0.5) is 0 Å². The monoisotopic (exact) mass is 337 g/mol. The molecule has 1 fully saturated rings. The molecular formula is C21H27N3O. The highest BCUT2D eigenvalue weighted by Crippen LogP contribution is 2.25. The van der Waals surface area contributed by atoms with Crippen LogP contribution in [-0.2, 0) is 4.79 Å². The van der Waals surface area contributed by atoms with Crippen molar-refractivity contribution in [3.8, 4) is 0 Å². The van der Waals surface area contributed by atoms with Crippen molar-refractivity contribution in [3.05, 3.63) is 65.5 Å². The Morgan fingerprint density at radius 2 is 1.92 bits per heavy atom. The number of nitrogens with one attached hydrogen (secondary N) is 1. The maximum Gasteiger partial charge on any atom is 0.224 e. The smallest absolute Gasteiger partial charge is 0.224 e. The van der Waals surface area contributed by atoms with Crippen molar-refractivity contribution in [2.24, 2.45) is 5.92 Å². The topological polar surface area (TPSA) is 45.2 Å². The van der Waals surface area contributed by atoms with Gasteiger partial charge < -0.3 is 10.2 Å². The third-order valence-electron chi connectivity index (χ3n) is 5.15. The van der Waals surface area contributed by atoms with E-state index in [2.05, 4.69) is 34.3 Å². The molecule has 0 spiro atoms. The van der Waals surface area contributed by atoms with Crippen LogP contribution in [0.5, 0.6) is 0 Å². The summed E-state index contributed by atoms with van der Waals surface area (Å²) in [4.78, 5) is 19.9. The number of rotatable bonds is 5. The molecule has 1 saturated heterocycles. The first kappa shape index (κ1) is 17.6. The standard InChI is InChI=1S/C21H27N3O/c1-3-24-14-11-18(12-15-24)21(25)23-20(17-9-5-4-6-10-17)19-16(2)8-7-13-22-19/h4-10,13,18,20H,3,11-12,14-15H2,1-2H3,(H,23,25). The third kappa shape index (κ3) is 4.26. The number of carbonyl (C=O) groups is 1. The molecule has 3 rings (SSSR count). The Bertz CT molecular complexity index is 693. The molecule has 1 unspecified atom stereocenters. The van der Waals surface area contributed by atoms with Gasteiger partial charge in [0.2, 0.25) is 5.91 Å². The fraction of sp³-hybridized carbons (Fsp3) is 0.429. The molecule has 0 radical (unpaired) electrons. The lowest BCUT2D eigenvalue weighted by molar-refractivity contribution is -0.127. The highest BCUT2D eigenvalue weighted by atomic mass is 16.2. The van der Waals surface area contributed by atoms with E-state index >= 15 is 0 Å². The number of nitrogens with zero attached hydrogens (tertiary/aromatic N) is 2. The zero-order valence-corrected chi connectivity index (χ0v) is 15.1. The fourth-order valence-corrected chi connectivity index (χ4v) is 3.53. The van der Waals surface area contributed by atoms with Gasteiger partial charge in [-0.3, -0.25) is 9.78 Å². The van der Waals surface area contributed by atoms with Gasteiger partial charge in [-0.1, -0.05) is 43.3 Å². The van der Waals surface area contributed by atoms with E-state index < -0.39 is 0 Å². The molecule has 1 aromatic carbocycles. The second-order valence-corrected chi connectivity index (χ2v) is 6.77. The molecule has 1 aromatic heterocycles. The van der Waals surface area contributed by atoms with Crippen molar-refractivity contribution in [2.75, 3.05) is 19.6 Å². The summed E-state index contributed by atoms with van der Waals surface area (Å²) in [7, 11) is 0. The minimum Gasteiger partial charge on any atom is -0.343 e. The second-order valence-electron chi connectivity index (χ2n) is 6.77. The summed E-state index contributed by atoms with van der Waals surface area (Å²) in [6.45, 7) is 7.30. The molecule has 4 nitrogen and oxygen atoms in total. The summed E-state index contributed by atoms with van der Waals surface area (Å²) in [5, 5.41) is 3.27. The van der Waals surface area contributed by atoms with E-state index in [1.165, 1.54) is 0 Å². The maximum atomic E-state index is 12.9. The number of benzene rings is 1. The average Bonchev–Trinajstić information content (AvgIpc) is 2.67. The van der Waals surface area contributed by atoms with Crippen LogP contribution in [-0.4, -0.2) is 35.4 Å². The van der Waals surface area contributed by atoms with Crippen LogP contribution in [0, 0.1) is 12.8 Å². The number of likely N-dealkylation sites (tertiary alicyclic amines) is 1. The van der Waals surface area contributed by atoms with E-state index in [0.717, 1.165) is 49.3 Å². The minimum atomic E-state index is -0.195. The van der Waals surface area contributed by atoms with Crippen molar-refractivity contribution < 1.29 is 4.79 Å². The lowest BCUT2D eigenvalue weighted by Gasteiger charge is -2.31. The number of pyridine rings is 1. The molecule has 1 atom stereocenters. The summed E-state index contributed by atoms with van der Waals surface area (Å²) in [6.07, 6.45) is 3.66. The highest BCUT2D eigenvalue weighted by Gasteiger charge is 2.27. The van der Waals surface area contributed by atoms with Crippen LogP contribution in [0.3, 0.4) is 0 Å². The summed E-state index contributed by atoms with van der Waals surface area (Å²) < 4.78 is 0. The first-order valence-electron chi connectivity index (χ1n) is 9.18. The molecule has 2 aromatic rings. The Balaban J connectivity index is 1.79. The molecule has 1 aliphatic rings. The van der Waals surface area contributed by atoms with E-state index in [4.69, 9.17) is 0 Å². The number of piperidine rings is 1. The normalized spacial score (nSPS) is 17.2. The Labute approximate surface area is 150 Å². The maximum absolute atomic E-state index is 12.9. The molecule has 1 aliphatic heterocycles. The van der Waals surface area contributed by atoms with Gasteiger partial charge in [0, 0.05) is 12.1 Å². The van der Waals surface area contributed by atoms with Gasteiger partial charge in [-0.05, 0) is 56.6 Å². The van der Waals surface area contributed by atoms with Crippen molar-refractivity contribution in [1.29, 1.82) is 0 Å². The summed E-state index contributed by atoms with van der Waals surface area (Å²) >= 11 is 0. The molecule has 0 saturated carbocycles. The number of aryl methyl sites for hydroxylation is 1. The van der Waals surface area contributed by atoms with Crippen LogP contribution in [0.25, 0.3) is 0 Å². The van der Waals surface area contributed by atoms with Gasteiger partial charge in [-0.25, -0.2) is 0 Å². The van der Waals surface area contributed by atoms with E-state index in [9.17, 15) is 4.79 Å². The molecular weight excluding hydrogens is 310 g/mol. The Morgan fingerprint density at radius 3 is 2.56 bits per heavy atom. The van der Waals surface area contributed by atoms with Gasteiger partial charge in [0.05, 0.1) is 11.7 Å². The van der Waals surface area contributed by atoms with Crippen LogP contribution in [0.15, 0.2) is 48.7 Å². The van der Waals surface area contributed by atoms with Gasteiger partial charge in [0.15, 0.2) is 0 Å². The fourth-order valence-electron chi connectivity index (χ4n) is 3.53. The number of amides is 1. The molecule has 2 heterocycles. The predicted molar refractivity (Wildman–Crippen MR) is 100 cm³/mol. The van der Waals surface area contributed by atoms with Crippen LogP contribution in [0.1, 0.15) is 42.6 Å². The molecule has 25 heavy (non-hydrogen) atoms. The van der Waals surface area contributed by atoms with Crippen molar-refractivity contribution in [1.82, 2.24) is 15.2 Å². The number of aromatic nitrogens is 1. The first-order chi connectivity index (χ1) is 12.2. The first-order valence-corrected chi connectivity index (χ1v) is 9.18.